The van der Waals surface area contributed by atoms with Crippen LogP contribution >= 0.6 is 11.3 Å². The maximum atomic E-state index is 13.1. The number of para-hydroxylation sites is 1. The number of piperidine rings is 1. The molecule has 8 heteroatoms. The second-order valence-electron chi connectivity index (χ2n) is 6.81. The van der Waals surface area contributed by atoms with Crippen LogP contribution in [-0.2, 0) is 4.79 Å². The number of nitrogens with zero attached hydrogens (tertiary/aromatic N) is 4. The van der Waals surface area contributed by atoms with Crippen LogP contribution in [0.5, 0.6) is 0 Å². The van der Waals surface area contributed by atoms with E-state index in [2.05, 4.69) is 10.1 Å². The smallest absolute Gasteiger partial charge is 0.308 e. The van der Waals surface area contributed by atoms with Gasteiger partial charge in [0.1, 0.15) is 0 Å². The number of hydrogen-bond donors (Lipinski definition) is 1. The Morgan fingerprint density at radius 2 is 1.96 bits per heavy atom. The number of aromatic nitrogens is 3. The molecule has 0 bridgehead atoms. The molecule has 0 saturated carbocycles. The highest BCUT2D eigenvalue weighted by atomic mass is 32.1. The van der Waals surface area contributed by atoms with E-state index in [4.69, 9.17) is 0 Å². The van der Waals surface area contributed by atoms with Gasteiger partial charge in [0.25, 0.3) is 5.91 Å². The number of carbonyl (C=O) groups is 2. The van der Waals surface area contributed by atoms with Crippen molar-refractivity contribution < 1.29 is 14.7 Å². The average molecular weight is 396 g/mol. The first-order valence-corrected chi connectivity index (χ1v) is 10.0. The summed E-state index contributed by atoms with van der Waals surface area (Å²) in [5.74, 6) is -1.07. The van der Waals surface area contributed by atoms with E-state index in [0.29, 0.717) is 25.2 Å². The summed E-state index contributed by atoms with van der Waals surface area (Å²) in [6, 6.07) is 13.0. The molecule has 1 aliphatic rings. The van der Waals surface area contributed by atoms with Gasteiger partial charge in [-0.3, -0.25) is 9.59 Å². The number of carbonyl (C=O) groups excluding carboxylic acids is 1. The SMILES string of the molecule is C[C@@H]1[C@H](C(=O)O)CCCN1C(=O)c1nc(-c2cccs2)n(-c2ccccc2)n1. The summed E-state index contributed by atoms with van der Waals surface area (Å²) < 4.78 is 1.67. The van der Waals surface area contributed by atoms with Crippen molar-refractivity contribution in [3.8, 4) is 16.4 Å². The molecule has 1 amide bonds. The molecule has 3 aromatic rings. The van der Waals surface area contributed by atoms with Crippen LogP contribution in [0.1, 0.15) is 30.4 Å². The molecule has 0 radical (unpaired) electrons. The predicted octanol–water partition coefficient (Wildman–Crippen LogP) is 3.32. The molecule has 144 valence electrons. The fourth-order valence-electron chi connectivity index (χ4n) is 3.61. The minimum atomic E-state index is -0.868. The van der Waals surface area contributed by atoms with E-state index >= 15 is 0 Å². The summed E-state index contributed by atoms with van der Waals surface area (Å²) in [5, 5.41) is 15.9. The van der Waals surface area contributed by atoms with Gasteiger partial charge in [0.05, 0.1) is 16.5 Å². The highest BCUT2D eigenvalue weighted by molar-refractivity contribution is 7.13. The Kier molecular flexibility index (Phi) is 4.95. The van der Waals surface area contributed by atoms with Gasteiger partial charge in [0, 0.05) is 12.6 Å². The van der Waals surface area contributed by atoms with Crippen molar-refractivity contribution in [2.24, 2.45) is 5.92 Å². The van der Waals surface area contributed by atoms with Gasteiger partial charge >= 0.3 is 5.97 Å². The number of thiophene rings is 1. The second kappa shape index (κ2) is 7.55. The number of rotatable bonds is 4. The molecule has 1 N–H and O–H groups in total. The largest absolute Gasteiger partial charge is 0.481 e. The molecule has 7 nitrogen and oxygen atoms in total. The average Bonchev–Trinajstić information content (AvgIpc) is 3.38. The first-order valence-electron chi connectivity index (χ1n) is 9.16. The predicted molar refractivity (Wildman–Crippen MR) is 106 cm³/mol. The lowest BCUT2D eigenvalue weighted by Crippen LogP contribution is -2.49. The quantitative estimate of drug-likeness (QED) is 0.731. The van der Waals surface area contributed by atoms with E-state index in [0.717, 1.165) is 10.6 Å². The summed E-state index contributed by atoms with van der Waals surface area (Å²) in [7, 11) is 0. The zero-order valence-corrected chi connectivity index (χ0v) is 16.2. The van der Waals surface area contributed by atoms with Gasteiger partial charge in [-0.2, -0.15) is 0 Å². The third-order valence-electron chi connectivity index (χ3n) is 5.11. The summed E-state index contributed by atoms with van der Waals surface area (Å²) in [4.78, 5) is 31.7. The Labute approximate surface area is 166 Å². The summed E-state index contributed by atoms with van der Waals surface area (Å²) in [6.45, 7) is 2.29. The molecule has 28 heavy (non-hydrogen) atoms. The molecule has 1 aliphatic heterocycles. The molecule has 2 atom stereocenters. The molecule has 0 aliphatic carbocycles. The maximum Gasteiger partial charge on any atom is 0.308 e. The molecule has 0 spiro atoms. The van der Waals surface area contributed by atoms with Crippen molar-refractivity contribution in [1.29, 1.82) is 0 Å². The number of carboxylic acids is 1. The van der Waals surface area contributed by atoms with Crippen molar-refractivity contribution in [2.75, 3.05) is 6.54 Å². The van der Waals surface area contributed by atoms with Gasteiger partial charge < -0.3 is 10.0 Å². The number of likely N-dealkylation sites (tertiary alicyclic amines) is 1. The summed E-state index contributed by atoms with van der Waals surface area (Å²) >= 11 is 1.52. The molecular formula is C20H20N4O3S. The Balaban J connectivity index is 1.72. The van der Waals surface area contributed by atoms with E-state index < -0.39 is 17.9 Å². The Bertz CT molecular complexity index is 984. The van der Waals surface area contributed by atoms with Gasteiger partial charge in [-0.15, -0.1) is 16.4 Å². The van der Waals surface area contributed by atoms with Crippen LogP contribution in [0.4, 0.5) is 0 Å². The second-order valence-corrected chi connectivity index (χ2v) is 7.76. The lowest BCUT2D eigenvalue weighted by molar-refractivity contribution is -0.145. The lowest BCUT2D eigenvalue weighted by atomic mass is 9.90. The topological polar surface area (TPSA) is 88.3 Å². The number of benzene rings is 1. The van der Waals surface area contributed by atoms with Gasteiger partial charge in [0.2, 0.25) is 5.82 Å². The van der Waals surface area contributed by atoms with E-state index in [9.17, 15) is 14.7 Å². The maximum absolute atomic E-state index is 13.1. The monoisotopic (exact) mass is 396 g/mol. The third kappa shape index (κ3) is 3.31. The van der Waals surface area contributed by atoms with Crippen LogP contribution in [0, 0.1) is 5.92 Å². The Morgan fingerprint density at radius 1 is 1.18 bits per heavy atom. The van der Waals surface area contributed by atoms with Crippen LogP contribution < -0.4 is 0 Å². The van der Waals surface area contributed by atoms with E-state index in [-0.39, 0.29) is 11.7 Å². The van der Waals surface area contributed by atoms with Gasteiger partial charge in [-0.05, 0) is 43.3 Å². The normalized spacial score (nSPS) is 19.5. The highest BCUT2D eigenvalue weighted by Gasteiger charge is 2.37. The van der Waals surface area contributed by atoms with Crippen molar-refractivity contribution in [3.05, 3.63) is 53.7 Å². The lowest BCUT2D eigenvalue weighted by Gasteiger charge is -2.36. The zero-order valence-electron chi connectivity index (χ0n) is 15.4. The van der Waals surface area contributed by atoms with Crippen LogP contribution in [0.15, 0.2) is 47.8 Å². The highest BCUT2D eigenvalue weighted by Crippen LogP contribution is 2.28. The molecule has 2 aromatic heterocycles. The van der Waals surface area contributed by atoms with Crippen molar-refractivity contribution in [1.82, 2.24) is 19.7 Å². The molecule has 0 unspecified atom stereocenters. The molecular weight excluding hydrogens is 376 g/mol. The van der Waals surface area contributed by atoms with E-state index in [1.165, 1.54) is 11.3 Å². The van der Waals surface area contributed by atoms with E-state index in [1.807, 2.05) is 47.8 Å². The van der Waals surface area contributed by atoms with Crippen molar-refractivity contribution >= 4 is 23.2 Å². The zero-order chi connectivity index (χ0) is 19.7. The van der Waals surface area contributed by atoms with Crippen LogP contribution in [0.3, 0.4) is 0 Å². The Hall–Kier alpha value is -3.00. The minimum absolute atomic E-state index is 0.0881. The summed E-state index contributed by atoms with van der Waals surface area (Å²) in [5.41, 5.74) is 0.813. The number of aliphatic carboxylic acids is 1. The molecule has 1 saturated heterocycles. The van der Waals surface area contributed by atoms with Crippen LogP contribution in [0.2, 0.25) is 0 Å². The van der Waals surface area contributed by atoms with Gasteiger partial charge in [-0.25, -0.2) is 9.67 Å². The van der Waals surface area contributed by atoms with E-state index in [1.54, 1.807) is 16.5 Å². The number of amides is 1. The minimum Gasteiger partial charge on any atom is -0.481 e. The first-order chi connectivity index (χ1) is 13.6. The third-order valence-corrected chi connectivity index (χ3v) is 5.97. The fraction of sp³-hybridized carbons (Fsp3) is 0.300. The van der Waals surface area contributed by atoms with Crippen molar-refractivity contribution in [3.63, 3.8) is 0 Å². The molecule has 3 heterocycles. The summed E-state index contributed by atoms with van der Waals surface area (Å²) in [6.07, 6.45) is 1.23. The van der Waals surface area contributed by atoms with Crippen LogP contribution in [-0.4, -0.2) is 49.2 Å². The number of hydrogen-bond acceptors (Lipinski definition) is 5. The molecule has 4 rings (SSSR count). The van der Waals surface area contributed by atoms with Gasteiger partial charge in [0.15, 0.2) is 5.82 Å². The molecule has 1 fully saturated rings. The first kappa shape index (κ1) is 18.4. The van der Waals surface area contributed by atoms with Gasteiger partial charge in [-0.1, -0.05) is 24.3 Å². The Morgan fingerprint density at radius 3 is 2.64 bits per heavy atom. The standard InChI is InChI=1S/C20H20N4O3S/c1-13-15(20(26)27)9-5-11-23(13)19(25)17-21-18(16-10-6-12-28-16)24(22-17)14-7-3-2-4-8-14/h2-4,6-8,10,12-13,15H,5,9,11H2,1H3,(H,26,27)/t13-,15-/m1/s1. The van der Waals surface area contributed by atoms with Crippen LogP contribution in [0.25, 0.3) is 16.4 Å². The fourth-order valence-corrected chi connectivity index (χ4v) is 4.30. The van der Waals surface area contributed by atoms with Crippen molar-refractivity contribution in [2.45, 2.75) is 25.8 Å². The number of carboxylic acid groups (broad SMARTS) is 1. The molecule has 1 aromatic carbocycles.